The van der Waals surface area contributed by atoms with E-state index in [1.54, 1.807) is 18.2 Å². The Labute approximate surface area is 79.6 Å². The van der Waals surface area contributed by atoms with Gasteiger partial charge in [0.25, 0.3) is 0 Å². The van der Waals surface area contributed by atoms with Gasteiger partial charge < -0.3 is 0 Å². The van der Waals surface area contributed by atoms with Crippen molar-refractivity contribution in [3.63, 3.8) is 0 Å². The molecule has 1 aromatic heterocycles. The van der Waals surface area contributed by atoms with Gasteiger partial charge in [-0.2, -0.15) is 5.26 Å². The standard InChI is InChI=1S/C9H4ClN3/c10-9-7-3-6(4-11)1-2-8(7)12-5-13-9/h1-3,5H. The number of benzene rings is 1. The second-order valence-electron chi connectivity index (χ2n) is 2.51. The van der Waals surface area contributed by atoms with Crippen molar-refractivity contribution in [3.05, 3.63) is 35.2 Å². The van der Waals surface area contributed by atoms with Crippen LogP contribution in [-0.2, 0) is 0 Å². The molecule has 0 bridgehead atoms. The first kappa shape index (κ1) is 7.96. The van der Waals surface area contributed by atoms with Gasteiger partial charge >= 0.3 is 0 Å². The van der Waals surface area contributed by atoms with Crippen molar-refractivity contribution in [2.75, 3.05) is 0 Å². The van der Waals surface area contributed by atoms with Gasteiger partial charge in [0.1, 0.15) is 11.5 Å². The van der Waals surface area contributed by atoms with E-state index in [4.69, 9.17) is 16.9 Å². The monoisotopic (exact) mass is 189 g/mol. The summed E-state index contributed by atoms with van der Waals surface area (Å²) in [4.78, 5) is 7.84. The molecule has 0 aliphatic rings. The zero-order chi connectivity index (χ0) is 9.26. The first-order valence-corrected chi connectivity index (χ1v) is 3.99. The number of hydrogen-bond donors (Lipinski definition) is 0. The summed E-state index contributed by atoms with van der Waals surface area (Å²) in [6, 6.07) is 7.16. The third kappa shape index (κ3) is 1.32. The highest BCUT2D eigenvalue weighted by atomic mass is 35.5. The van der Waals surface area contributed by atoms with E-state index in [0.29, 0.717) is 16.1 Å². The molecule has 0 spiro atoms. The molecule has 0 amide bonds. The molecule has 3 nitrogen and oxygen atoms in total. The van der Waals surface area contributed by atoms with Crippen molar-refractivity contribution in [2.24, 2.45) is 0 Å². The summed E-state index contributed by atoms with van der Waals surface area (Å²) >= 11 is 5.83. The molecule has 0 saturated carbocycles. The van der Waals surface area contributed by atoms with E-state index in [2.05, 4.69) is 9.97 Å². The lowest BCUT2D eigenvalue weighted by molar-refractivity contribution is 1.22. The summed E-state index contributed by atoms with van der Waals surface area (Å²) in [6.07, 6.45) is 1.40. The minimum atomic E-state index is 0.377. The van der Waals surface area contributed by atoms with Crippen molar-refractivity contribution < 1.29 is 0 Å². The summed E-state index contributed by atoms with van der Waals surface area (Å²) in [5.74, 6) is 0. The van der Waals surface area contributed by atoms with Crippen LogP contribution in [0.2, 0.25) is 5.15 Å². The van der Waals surface area contributed by atoms with Gasteiger partial charge in [-0.15, -0.1) is 0 Å². The highest BCUT2D eigenvalue weighted by molar-refractivity contribution is 6.34. The Morgan fingerprint density at radius 3 is 2.92 bits per heavy atom. The van der Waals surface area contributed by atoms with E-state index in [1.807, 2.05) is 6.07 Å². The van der Waals surface area contributed by atoms with Crippen LogP contribution in [0.25, 0.3) is 10.9 Å². The topological polar surface area (TPSA) is 49.6 Å². The molecule has 4 heteroatoms. The molecule has 0 radical (unpaired) electrons. The number of hydrogen-bond acceptors (Lipinski definition) is 3. The molecule has 0 saturated heterocycles. The maximum absolute atomic E-state index is 8.65. The van der Waals surface area contributed by atoms with E-state index in [-0.39, 0.29) is 0 Å². The van der Waals surface area contributed by atoms with E-state index in [9.17, 15) is 0 Å². The molecule has 0 unspecified atom stereocenters. The summed E-state index contributed by atoms with van der Waals surface area (Å²) in [7, 11) is 0. The molecule has 1 aromatic carbocycles. The van der Waals surface area contributed by atoms with Crippen LogP contribution in [-0.4, -0.2) is 9.97 Å². The lowest BCUT2D eigenvalue weighted by Gasteiger charge is -1.97. The average Bonchev–Trinajstić information content (AvgIpc) is 2.18. The van der Waals surface area contributed by atoms with Gasteiger partial charge in [0.2, 0.25) is 0 Å². The van der Waals surface area contributed by atoms with Crippen LogP contribution in [0.1, 0.15) is 5.56 Å². The van der Waals surface area contributed by atoms with Crippen molar-refractivity contribution in [1.82, 2.24) is 9.97 Å². The van der Waals surface area contributed by atoms with E-state index in [1.165, 1.54) is 6.33 Å². The second kappa shape index (κ2) is 3.00. The highest BCUT2D eigenvalue weighted by Gasteiger charge is 2.01. The lowest BCUT2D eigenvalue weighted by atomic mass is 10.2. The minimum Gasteiger partial charge on any atom is -0.236 e. The van der Waals surface area contributed by atoms with Crippen LogP contribution in [0.4, 0.5) is 0 Å². The summed E-state index contributed by atoms with van der Waals surface area (Å²) < 4.78 is 0. The fourth-order valence-corrected chi connectivity index (χ4v) is 1.29. The third-order valence-electron chi connectivity index (χ3n) is 1.72. The molecular weight excluding hydrogens is 186 g/mol. The number of nitriles is 1. The van der Waals surface area contributed by atoms with Crippen LogP contribution in [0.3, 0.4) is 0 Å². The van der Waals surface area contributed by atoms with Crippen LogP contribution in [0.5, 0.6) is 0 Å². The van der Waals surface area contributed by atoms with Gasteiger partial charge in [-0.1, -0.05) is 11.6 Å². The first-order chi connectivity index (χ1) is 6.31. The maximum atomic E-state index is 8.65. The summed E-state index contributed by atoms with van der Waals surface area (Å²) in [6.45, 7) is 0. The molecule has 0 N–H and O–H groups in total. The predicted molar refractivity (Wildman–Crippen MR) is 49.3 cm³/mol. The molecule has 0 aliphatic heterocycles. The fraction of sp³-hybridized carbons (Fsp3) is 0. The van der Waals surface area contributed by atoms with Gasteiger partial charge in [0, 0.05) is 5.39 Å². The van der Waals surface area contributed by atoms with E-state index >= 15 is 0 Å². The number of nitrogens with zero attached hydrogens (tertiary/aromatic N) is 3. The molecule has 2 rings (SSSR count). The Hall–Kier alpha value is -1.66. The maximum Gasteiger partial charge on any atom is 0.140 e. The average molecular weight is 190 g/mol. The molecular formula is C9H4ClN3. The lowest BCUT2D eigenvalue weighted by Crippen LogP contribution is -1.84. The minimum absolute atomic E-state index is 0.377. The molecule has 62 valence electrons. The number of rotatable bonds is 0. The van der Waals surface area contributed by atoms with Crippen molar-refractivity contribution in [1.29, 1.82) is 5.26 Å². The Balaban J connectivity index is 2.84. The molecule has 13 heavy (non-hydrogen) atoms. The van der Waals surface area contributed by atoms with Gasteiger partial charge in [0.05, 0.1) is 17.1 Å². The van der Waals surface area contributed by atoms with Crippen molar-refractivity contribution >= 4 is 22.5 Å². The number of fused-ring (bicyclic) bond motifs is 1. The van der Waals surface area contributed by atoms with Gasteiger partial charge in [0.15, 0.2) is 0 Å². The third-order valence-corrected chi connectivity index (χ3v) is 2.02. The molecule has 0 atom stereocenters. The Morgan fingerprint density at radius 1 is 1.31 bits per heavy atom. The van der Waals surface area contributed by atoms with E-state index < -0.39 is 0 Å². The van der Waals surface area contributed by atoms with Crippen LogP contribution < -0.4 is 0 Å². The SMILES string of the molecule is N#Cc1ccc2ncnc(Cl)c2c1. The first-order valence-electron chi connectivity index (χ1n) is 3.61. The Kier molecular flexibility index (Phi) is 1.84. The molecule has 2 aromatic rings. The van der Waals surface area contributed by atoms with Gasteiger partial charge in [-0.3, -0.25) is 0 Å². The fourth-order valence-electron chi connectivity index (χ4n) is 1.09. The smallest absolute Gasteiger partial charge is 0.140 e. The van der Waals surface area contributed by atoms with Crippen LogP contribution in [0, 0.1) is 11.3 Å². The number of halogens is 1. The predicted octanol–water partition coefficient (Wildman–Crippen LogP) is 2.15. The normalized spacial score (nSPS) is 9.85. The Morgan fingerprint density at radius 2 is 2.15 bits per heavy atom. The van der Waals surface area contributed by atoms with Gasteiger partial charge in [-0.05, 0) is 18.2 Å². The quantitative estimate of drug-likeness (QED) is 0.597. The second-order valence-corrected chi connectivity index (χ2v) is 2.87. The van der Waals surface area contributed by atoms with Crippen molar-refractivity contribution in [2.45, 2.75) is 0 Å². The number of aromatic nitrogens is 2. The molecule has 0 fully saturated rings. The zero-order valence-electron chi connectivity index (χ0n) is 6.53. The van der Waals surface area contributed by atoms with Crippen molar-refractivity contribution in [3.8, 4) is 6.07 Å². The van der Waals surface area contributed by atoms with Gasteiger partial charge in [-0.25, -0.2) is 9.97 Å². The zero-order valence-corrected chi connectivity index (χ0v) is 7.28. The Bertz CT molecular complexity index is 502. The van der Waals surface area contributed by atoms with E-state index in [0.717, 1.165) is 5.52 Å². The summed E-state index contributed by atoms with van der Waals surface area (Å²) in [5, 5.41) is 9.74. The largest absolute Gasteiger partial charge is 0.236 e. The summed E-state index contributed by atoms with van der Waals surface area (Å²) in [5.41, 5.74) is 1.31. The van der Waals surface area contributed by atoms with Crippen LogP contribution in [0.15, 0.2) is 24.5 Å². The van der Waals surface area contributed by atoms with Crippen LogP contribution >= 0.6 is 11.6 Å². The molecule has 1 heterocycles. The highest BCUT2D eigenvalue weighted by Crippen LogP contribution is 2.19. The molecule has 0 aliphatic carbocycles.